The SMILES string of the molecule is CCCCc1cc(=O)oc2cc(OC(=O)C3CCCN3C(=O)OC(C)(C)C)ccc12. The first kappa shape index (κ1) is 21.9. The highest BCUT2D eigenvalue weighted by molar-refractivity contribution is 5.86. The van der Waals surface area contributed by atoms with Crippen molar-refractivity contribution in [3.63, 3.8) is 0 Å². The van der Waals surface area contributed by atoms with Gasteiger partial charge in [-0.1, -0.05) is 13.3 Å². The smallest absolute Gasteiger partial charge is 0.411 e. The molecule has 2 aromatic rings. The number of benzene rings is 1. The van der Waals surface area contributed by atoms with Crippen LogP contribution in [0.25, 0.3) is 11.0 Å². The van der Waals surface area contributed by atoms with Gasteiger partial charge >= 0.3 is 17.7 Å². The molecule has 7 heteroatoms. The van der Waals surface area contributed by atoms with Crippen LogP contribution in [0.5, 0.6) is 5.75 Å². The molecule has 1 fully saturated rings. The number of unbranched alkanes of at least 4 members (excludes halogenated alkanes) is 1. The van der Waals surface area contributed by atoms with Crippen molar-refractivity contribution in [1.29, 1.82) is 0 Å². The summed E-state index contributed by atoms with van der Waals surface area (Å²) in [4.78, 5) is 38.5. The Balaban J connectivity index is 1.77. The number of aryl methyl sites for hydroxylation is 1. The number of nitrogens with zero attached hydrogens (tertiary/aromatic N) is 1. The largest absolute Gasteiger partial charge is 0.444 e. The highest BCUT2D eigenvalue weighted by Crippen LogP contribution is 2.26. The lowest BCUT2D eigenvalue weighted by Crippen LogP contribution is -2.44. The molecule has 0 saturated carbocycles. The first-order valence-electron chi connectivity index (χ1n) is 10.5. The molecule has 1 amide bonds. The number of fused-ring (bicyclic) bond motifs is 1. The molecule has 0 aliphatic carbocycles. The zero-order valence-corrected chi connectivity index (χ0v) is 18.0. The van der Waals surface area contributed by atoms with Crippen LogP contribution in [-0.2, 0) is 16.0 Å². The minimum absolute atomic E-state index is 0.277. The number of hydrogen-bond donors (Lipinski definition) is 0. The van der Waals surface area contributed by atoms with Gasteiger partial charge in [-0.3, -0.25) is 4.90 Å². The summed E-state index contributed by atoms with van der Waals surface area (Å²) in [5.74, 6) is -0.249. The molecule has 1 aromatic carbocycles. The molecular formula is C23H29NO6. The van der Waals surface area contributed by atoms with Gasteiger partial charge in [0.1, 0.15) is 23.0 Å². The number of likely N-dealkylation sites (tertiary alicyclic amines) is 1. The van der Waals surface area contributed by atoms with Gasteiger partial charge in [0.25, 0.3) is 0 Å². The minimum Gasteiger partial charge on any atom is -0.444 e. The van der Waals surface area contributed by atoms with Gasteiger partial charge < -0.3 is 13.9 Å². The Labute approximate surface area is 175 Å². The van der Waals surface area contributed by atoms with Gasteiger partial charge in [-0.2, -0.15) is 0 Å². The van der Waals surface area contributed by atoms with Gasteiger partial charge in [-0.05, 0) is 64.2 Å². The first-order chi connectivity index (χ1) is 14.2. The molecule has 162 valence electrons. The van der Waals surface area contributed by atoms with Crippen LogP contribution in [-0.4, -0.2) is 35.2 Å². The maximum Gasteiger partial charge on any atom is 0.411 e. The molecular weight excluding hydrogens is 386 g/mol. The van der Waals surface area contributed by atoms with Crippen LogP contribution < -0.4 is 10.4 Å². The lowest BCUT2D eigenvalue weighted by atomic mass is 10.0. The third-order valence-corrected chi connectivity index (χ3v) is 4.97. The van der Waals surface area contributed by atoms with Crippen molar-refractivity contribution in [2.75, 3.05) is 6.54 Å². The number of carbonyl (C=O) groups excluding carboxylic acids is 2. The fraction of sp³-hybridized carbons (Fsp3) is 0.522. The lowest BCUT2D eigenvalue weighted by molar-refractivity contribution is -0.139. The van der Waals surface area contributed by atoms with Crippen LogP contribution >= 0.6 is 0 Å². The van der Waals surface area contributed by atoms with Gasteiger partial charge in [0, 0.05) is 24.1 Å². The van der Waals surface area contributed by atoms with Crippen LogP contribution in [0.15, 0.2) is 33.5 Å². The third kappa shape index (κ3) is 5.20. The standard InChI is InChI=1S/C23H29NO6/c1-5-6-8-15-13-20(25)29-19-14-16(10-11-17(15)19)28-21(26)18-9-7-12-24(18)22(27)30-23(2,3)4/h10-11,13-14,18H,5-9,12H2,1-4H3. The highest BCUT2D eigenvalue weighted by Gasteiger charge is 2.37. The van der Waals surface area contributed by atoms with Gasteiger partial charge in [-0.15, -0.1) is 0 Å². The summed E-state index contributed by atoms with van der Waals surface area (Å²) < 4.78 is 16.2. The summed E-state index contributed by atoms with van der Waals surface area (Å²) >= 11 is 0. The molecule has 1 aromatic heterocycles. The molecule has 30 heavy (non-hydrogen) atoms. The topological polar surface area (TPSA) is 86.0 Å². The monoisotopic (exact) mass is 415 g/mol. The molecule has 0 spiro atoms. The fourth-order valence-corrected chi connectivity index (χ4v) is 3.58. The normalized spacial score (nSPS) is 16.7. The van der Waals surface area contributed by atoms with E-state index < -0.39 is 29.3 Å². The lowest BCUT2D eigenvalue weighted by Gasteiger charge is -2.27. The van der Waals surface area contributed by atoms with E-state index in [4.69, 9.17) is 13.9 Å². The Morgan fingerprint density at radius 1 is 1.23 bits per heavy atom. The average Bonchev–Trinajstić information content (AvgIpc) is 3.14. The fourth-order valence-electron chi connectivity index (χ4n) is 3.58. The van der Waals surface area contributed by atoms with Gasteiger partial charge in [0.05, 0.1) is 0 Å². The molecule has 0 radical (unpaired) electrons. The predicted octanol–water partition coefficient (Wildman–Crippen LogP) is 4.44. The maximum atomic E-state index is 12.7. The third-order valence-electron chi connectivity index (χ3n) is 4.97. The van der Waals surface area contributed by atoms with E-state index in [9.17, 15) is 14.4 Å². The maximum absolute atomic E-state index is 12.7. The zero-order valence-electron chi connectivity index (χ0n) is 18.0. The van der Waals surface area contributed by atoms with Crippen molar-refractivity contribution in [3.05, 3.63) is 40.2 Å². The Bertz CT molecular complexity index is 987. The van der Waals surface area contributed by atoms with Crippen LogP contribution in [0.4, 0.5) is 4.79 Å². The summed E-state index contributed by atoms with van der Waals surface area (Å²) in [7, 11) is 0. The van der Waals surface area contributed by atoms with Crippen molar-refractivity contribution in [1.82, 2.24) is 4.90 Å². The second-order valence-corrected chi connectivity index (χ2v) is 8.61. The molecule has 1 aliphatic heterocycles. The van der Waals surface area contributed by atoms with E-state index in [-0.39, 0.29) is 5.75 Å². The summed E-state index contributed by atoms with van der Waals surface area (Å²) in [6.45, 7) is 7.89. The van der Waals surface area contributed by atoms with Crippen molar-refractivity contribution in [2.45, 2.75) is 71.4 Å². The van der Waals surface area contributed by atoms with Gasteiger partial charge in [0.2, 0.25) is 0 Å². The number of hydrogen-bond acceptors (Lipinski definition) is 6. The van der Waals surface area contributed by atoms with E-state index in [1.807, 2.05) is 0 Å². The van der Waals surface area contributed by atoms with E-state index in [2.05, 4.69) is 6.92 Å². The molecule has 1 unspecified atom stereocenters. The number of esters is 1. The molecule has 7 nitrogen and oxygen atoms in total. The number of amides is 1. The van der Waals surface area contributed by atoms with E-state index in [0.717, 1.165) is 30.2 Å². The highest BCUT2D eigenvalue weighted by atomic mass is 16.6. The van der Waals surface area contributed by atoms with Crippen molar-refractivity contribution >= 4 is 23.0 Å². The molecule has 1 saturated heterocycles. The Morgan fingerprint density at radius 3 is 2.70 bits per heavy atom. The quantitative estimate of drug-likeness (QED) is 0.408. The van der Waals surface area contributed by atoms with Gasteiger partial charge in [-0.25, -0.2) is 14.4 Å². The minimum atomic E-state index is -0.696. The number of rotatable bonds is 5. The van der Waals surface area contributed by atoms with Crippen molar-refractivity contribution in [2.24, 2.45) is 0 Å². The van der Waals surface area contributed by atoms with E-state index in [0.29, 0.717) is 25.0 Å². The predicted molar refractivity (Wildman–Crippen MR) is 113 cm³/mol. The molecule has 1 atom stereocenters. The molecule has 1 aliphatic rings. The van der Waals surface area contributed by atoms with Gasteiger partial charge in [0.15, 0.2) is 0 Å². The average molecular weight is 415 g/mol. The second-order valence-electron chi connectivity index (χ2n) is 8.61. The van der Waals surface area contributed by atoms with E-state index in [1.54, 1.807) is 39.0 Å². The Kier molecular flexibility index (Phi) is 6.48. The summed E-state index contributed by atoms with van der Waals surface area (Å²) in [5.41, 5.74) is 0.241. The Hall–Kier alpha value is -2.83. The zero-order chi connectivity index (χ0) is 21.9. The first-order valence-corrected chi connectivity index (χ1v) is 10.5. The number of carbonyl (C=O) groups is 2. The second kappa shape index (κ2) is 8.90. The summed E-state index contributed by atoms with van der Waals surface area (Å²) in [6, 6.07) is 5.85. The number of ether oxygens (including phenoxy) is 2. The summed E-state index contributed by atoms with van der Waals surface area (Å²) in [6.07, 6.45) is 3.47. The van der Waals surface area contributed by atoms with Crippen molar-refractivity contribution in [3.8, 4) is 5.75 Å². The van der Waals surface area contributed by atoms with Crippen LogP contribution in [0.3, 0.4) is 0 Å². The van der Waals surface area contributed by atoms with E-state index in [1.165, 1.54) is 11.0 Å². The van der Waals surface area contributed by atoms with Crippen LogP contribution in [0.1, 0.15) is 58.9 Å². The molecule has 2 heterocycles. The molecule has 3 rings (SSSR count). The van der Waals surface area contributed by atoms with Crippen LogP contribution in [0, 0.1) is 0 Å². The Morgan fingerprint density at radius 2 is 2.00 bits per heavy atom. The van der Waals surface area contributed by atoms with Crippen LogP contribution in [0.2, 0.25) is 0 Å². The van der Waals surface area contributed by atoms with E-state index >= 15 is 0 Å². The van der Waals surface area contributed by atoms with Crippen molar-refractivity contribution < 1.29 is 23.5 Å². The summed E-state index contributed by atoms with van der Waals surface area (Å²) in [5, 5.41) is 0.832. The molecule has 0 N–H and O–H groups in total. The molecule has 0 bridgehead atoms.